The van der Waals surface area contributed by atoms with E-state index in [1.54, 1.807) is 0 Å². The van der Waals surface area contributed by atoms with Gasteiger partial charge in [-0.1, -0.05) is 0 Å². The van der Waals surface area contributed by atoms with Crippen LogP contribution in [-0.2, 0) is 4.74 Å². The van der Waals surface area contributed by atoms with E-state index in [2.05, 4.69) is 10.1 Å². The number of hydrogen-bond donors (Lipinski definition) is 1. The summed E-state index contributed by atoms with van der Waals surface area (Å²) < 4.78 is 38.6. The zero-order valence-electron chi connectivity index (χ0n) is 4.25. The molecule has 0 atom stereocenters. The molecule has 2 nitrogen and oxygen atoms in total. The minimum Gasteiger partial charge on any atom is -0.466 e. The first-order chi connectivity index (χ1) is 4.11. The van der Waals surface area contributed by atoms with E-state index in [0.717, 1.165) is 0 Å². The van der Waals surface area contributed by atoms with Crippen LogP contribution in [-0.4, -0.2) is 12.9 Å². The summed E-state index contributed by atoms with van der Waals surface area (Å²) in [5.74, 6) is -1.08. The highest BCUT2D eigenvalue weighted by atomic mass is 19.4. The summed E-state index contributed by atoms with van der Waals surface area (Å²) in [6, 6.07) is 0. The van der Waals surface area contributed by atoms with E-state index in [4.69, 9.17) is 0 Å². The smallest absolute Gasteiger partial charge is 0.451 e. The van der Waals surface area contributed by atoms with E-state index in [1.807, 2.05) is 6.20 Å². The first-order valence-electron chi connectivity index (χ1n) is 2.16. The van der Waals surface area contributed by atoms with E-state index >= 15 is 0 Å². The molecule has 0 amide bonds. The van der Waals surface area contributed by atoms with Gasteiger partial charge in [-0.15, -0.1) is 0 Å². The van der Waals surface area contributed by atoms with Gasteiger partial charge in [-0.25, -0.2) is 0 Å². The van der Waals surface area contributed by atoms with Gasteiger partial charge < -0.3 is 10.1 Å². The van der Waals surface area contributed by atoms with Gasteiger partial charge in [0.05, 0.1) is 0 Å². The van der Waals surface area contributed by atoms with Gasteiger partial charge in [-0.05, 0) is 0 Å². The maximum Gasteiger partial charge on any atom is 0.451 e. The molecule has 1 N–H and O–H groups in total. The van der Waals surface area contributed by atoms with Crippen LogP contribution in [0.3, 0.4) is 0 Å². The van der Waals surface area contributed by atoms with Gasteiger partial charge in [0.1, 0.15) is 6.20 Å². The predicted molar refractivity (Wildman–Crippen MR) is 21.9 cm³/mol. The Kier molecular flexibility index (Phi) is 1.27. The Bertz CT molecular complexity index is 139. The molecule has 9 heavy (non-hydrogen) atoms. The highest BCUT2D eigenvalue weighted by molar-refractivity contribution is 4.96. The van der Waals surface area contributed by atoms with Crippen molar-refractivity contribution in [2.75, 3.05) is 6.73 Å². The topological polar surface area (TPSA) is 21.3 Å². The van der Waals surface area contributed by atoms with Crippen molar-refractivity contribution in [2.45, 2.75) is 6.18 Å². The fraction of sp³-hybridized carbons (Fsp3) is 0.500. The van der Waals surface area contributed by atoms with Crippen LogP contribution >= 0.6 is 0 Å². The Hall–Kier alpha value is -0.870. The molecule has 0 unspecified atom stereocenters. The van der Waals surface area contributed by atoms with Gasteiger partial charge in [0, 0.05) is 0 Å². The number of hydrogen-bond acceptors (Lipinski definition) is 2. The Morgan fingerprint density at radius 2 is 2.22 bits per heavy atom. The third-order valence-corrected chi connectivity index (χ3v) is 0.748. The Morgan fingerprint density at radius 1 is 1.56 bits per heavy atom. The standard InChI is InChI=1S/C4H3F3NO/c5-4(6,7)3-1-8-2-9-3/h8H,2H2. The average Bonchev–Trinajstić information content (AvgIpc) is 2.08. The third-order valence-electron chi connectivity index (χ3n) is 0.748. The van der Waals surface area contributed by atoms with Crippen LogP contribution in [0.2, 0.25) is 0 Å². The molecule has 1 rings (SSSR count). The fourth-order valence-corrected chi connectivity index (χ4v) is 0.413. The summed E-state index contributed by atoms with van der Waals surface area (Å²) in [5, 5.41) is 2.15. The molecular formula is C4H3F3NO. The van der Waals surface area contributed by atoms with Crippen LogP contribution in [0, 0.1) is 6.20 Å². The largest absolute Gasteiger partial charge is 0.466 e. The summed E-state index contributed by atoms with van der Waals surface area (Å²) in [6.07, 6.45) is -2.58. The zero-order chi connectivity index (χ0) is 6.91. The molecule has 0 aromatic carbocycles. The zero-order valence-corrected chi connectivity index (χ0v) is 4.25. The average molecular weight is 138 g/mol. The van der Waals surface area contributed by atoms with Crippen molar-refractivity contribution in [1.29, 1.82) is 0 Å². The molecule has 0 fully saturated rings. The van der Waals surface area contributed by atoms with E-state index in [0.29, 0.717) is 0 Å². The third kappa shape index (κ3) is 1.28. The van der Waals surface area contributed by atoms with Crippen LogP contribution in [0.15, 0.2) is 5.76 Å². The van der Waals surface area contributed by atoms with Crippen molar-refractivity contribution in [1.82, 2.24) is 5.32 Å². The van der Waals surface area contributed by atoms with Crippen LogP contribution in [0.4, 0.5) is 13.2 Å². The van der Waals surface area contributed by atoms with E-state index < -0.39 is 11.9 Å². The van der Waals surface area contributed by atoms with Crippen LogP contribution < -0.4 is 5.32 Å². The van der Waals surface area contributed by atoms with Crippen LogP contribution in [0.25, 0.3) is 0 Å². The second kappa shape index (κ2) is 1.82. The quantitative estimate of drug-likeness (QED) is 0.533. The second-order valence-electron chi connectivity index (χ2n) is 1.42. The van der Waals surface area contributed by atoms with Crippen LogP contribution in [0.1, 0.15) is 0 Å². The SMILES string of the molecule is FC(F)(F)C1=[C]NCO1. The molecule has 0 bridgehead atoms. The van der Waals surface area contributed by atoms with E-state index in [1.165, 1.54) is 0 Å². The van der Waals surface area contributed by atoms with E-state index in [-0.39, 0.29) is 6.73 Å². The van der Waals surface area contributed by atoms with Crippen LogP contribution in [0.5, 0.6) is 0 Å². The van der Waals surface area contributed by atoms with Gasteiger partial charge in [0.25, 0.3) is 0 Å². The summed E-state index contributed by atoms with van der Waals surface area (Å²) in [5.41, 5.74) is 0. The summed E-state index contributed by atoms with van der Waals surface area (Å²) in [7, 11) is 0. The van der Waals surface area contributed by atoms with Gasteiger partial charge >= 0.3 is 6.18 Å². The number of halogens is 3. The minimum atomic E-state index is -4.40. The molecular weight excluding hydrogens is 135 g/mol. The van der Waals surface area contributed by atoms with Crippen molar-refractivity contribution in [3.8, 4) is 0 Å². The molecule has 5 heteroatoms. The minimum absolute atomic E-state index is 0.144. The summed E-state index contributed by atoms with van der Waals surface area (Å²) >= 11 is 0. The molecule has 0 aromatic rings. The highest BCUT2D eigenvalue weighted by Gasteiger charge is 2.38. The molecule has 1 radical (unpaired) electrons. The molecule has 1 aliphatic rings. The molecule has 1 heterocycles. The first kappa shape index (κ1) is 6.25. The number of ether oxygens (including phenoxy) is 1. The van der Waals surface area contributed by atoms with Crippen molar-refractivity contribution < 1.29 is 17.9 Å². The lowest BCUT2D eigenvalue weighted by atomic mass is 10.5. The van der Waals surface area contributed by atoms with Crippen molar-refractivity contribution in [3.63, 3.8) is 0 Å². The first-order valence-corrected chi connectivity index (χ1v) is 2.16. The van der Waals surface area contributed by atoms with Crippen molar-refractivity contribution >= 4 is 0 Å². The number of nitrogens with one attached hydrogen (secondary N) is 1. The van der Waals surface area contributed by atoms with Gasteiger partial charge in [-0.3, -0.25) is 0 Å². The van der Waals surface area contributed by atoms with Crippen molar-refractivity contribution in [2.24, 2.45) is 0 Å². The summed E-state index contributed by atoms with van der Waals surface area (Å²) in [4.78, 5) is 0. The monoisotopic (exact) mass is 138 g/mol. The molecule has 51 valence electrons. The van der Waals surface area contributed by atoms with Crippen molar-refractivity contribution in [3.05, 3.63) is 12.0 Å². The molecule has 0 aromatic heterocycles. The molecule has 0 aliphatic carbocycles. The number of allylic oxidation sites excluding steroid dienone is 1. The Morgan fingerprint density at radius 3 is 2.44 bits per heavy atom. The maximum absolute atomic E-state index is 11.5. The number of alkyl halides is 3. The lowest BCUT2D eigenvalue weighted by Gasteiger charge is -2.04. The molecule has 1 aliphatic heterocycles. The Balaban J connectivity index is 2.61. The predicted octanol–water partition coefficient (Wildman–Crippen LogP) is 0.771. The van der Waals surface area contributed by atoms with E-state index in [9.17, 15) is 13.2 Å². The van der Waals surface area contributed by atoms with Gasteiger partial charge in [0.2, 0.25) is 5.76 Å². The Labute approximate surface area is 49.3 Å². The van der Waals surface area contributed by atoms with Gasteiger partial charge in [-0.2, -0.15) is 13.2 Å². The second-order valence-corrected chi connectivity index (χ2v) is 1.42. The number of rotatable bonds is 0. The fourth-order valence-electron chi connectivity index (χ4n) is 0.413. The molecule has 0 spiro atoms. The lowest BCUT2D eigenvalue weighted by Crippen LogP contribution is -2.11. The normalized spacial score (nSPS) is 18.3. The maximum atomic E-state index is 11.5. The highest BCUT2D eigenvalue weighted by Crippen LogP contribution is 2.26. The van der Waals surface area contributed by atoms with Gasteiger partial charge in [0.15, 0.2) is 6.73 Å². The molecule has 0 saturated heterocycles. The summed E-state index contributed by atoms with van der Waals surface area (Å²) in [6.45, 7) is -0.144. The molecule has 0 saturated carbocycles. The lowest BCUT2D eigenvalue weighted by molar-refractivity contribution is -0.127.